The SMILES string of the molecule is Cc1cc(C(O)CO)ccn1. The summed E-state index contributed by atoms with van der Waals surface area (Å²) in [6, 6.07) is 3.44. The summed E-state index contributed by atoms with van der Waals surface area (Å²) in [4.78, 5) is 3.96. The summed E-state index contributed by atoms with van der Waals surface area (Å²) >= 11 is 0. The first-order valence-electron chi connectivity index (χ1n) is 3.45. The number of aliphatic hydroxyl groups excluding tert-OH is 2. The van der Waals surface area contributed by atoms with Gasteiger partial charge in [-0.2, -0.15) is 0 Å². The van der Waals surface area contributed by atoms with Crippen molar-refractivity contribution in [1.82, 2.24) is 4.98 Å². The molecule has 1 rings (SSSR count). The maximum absolute atomic E-state index is 9.18. The van der Waals surface area contributed by atoms with Gasteiger partial charge in [-0.1, -0.05) is 0 Å². The van der Waals surface area contributed by atoms with Gasteiger partial charge in [-0.05, 0) is 24.6 Å². The minimum atomic E-state index is -0.781. The number of rotatable bonds is 2. The van der Waals surface area contributed by atoms with Crippen molar-refractivity contribution >= 4 is 0 Å². The molecule has 11 heavy (non-hydrogen) atoms. The van der Waals surface area contributed by atoms with E-state index in [2.05, 4.69) is 4.98 Å². The Morgan fingerprint density at radius 3 is 2.91 bits per heavy atom. The van der Waals surface area contributed by atoms with Crippen molar-refractivity contribution in [3.63, 3.8) is 0 Å². The van der Waals surface area contributed by atoms with Crippen LogP contribution in [0.25, 0.3) is 0 Å². The van der Waals surface area contributed by atoms with Crippen LogP contribution >= 0.6 is 0 Å². The van der Waals surface area contributed by atoms with Crippen molar-refractivity contribution in [3.8, 4) is 0 Å². The molecule has 0 bridgehead atoms. The van der Waals surface area contributed by atoms with E-state index < -0.39 is 6.10 Å². The fraction of sp³-hybridized carbons (Fsp3) is 0.375. The number of nitrogens with zero attached hydrogens (tertiary/aromatic N) is 1. The number of aryl methyl sites for hydroxylation is 1. The van der Waals surface area contributed by atoms with Crippen LogP contribution < -0.4 is 0 Å². The summed E-state index contributed by atoms with van der Waals surface area (Å²) in [5.74, 6) is 0. The summed E-state index contributed by atoms with van der Waals surface area (Å²) in [7, 11) is 0. The molecule has 0 fully saturated rings. The molecule has 0 aromatic carbocycles. The highest BCUT2D eigenvalue weighted by atomic mass is 16.3. The van der Waals surface area contributed by atoms with Crippen LogP contribution in [0, 0.1) is 6.92 Å². The van der Waals surface area contributed by atoms with Gasteiger partial charge in [-0.3, -0.25) is 4.98 Å². The molecule has 1 aromatic rings. The Hall–Kier alpha value is -0.930. The first kappa shape index (κ1) is 8.17. The lowest BCUT2D eigenvalue weighted by Crippen LogP contribution is -2.02. The van der Waals surface area contributed by atoms with Gasteiger partial charge in [-0.25, -0.2) is 0 Å². The second kappa shape index (κ2) is 3.46. The third kappa shape index (κ3) is 2.00. The van der Waals surface area contributed by atoms with Crippen LogP contribution in [0.4, 0.5) is 0 Å². The molecule has 2 N–H and O–H groups in total. The molecule has 0 aliphatic heterocycles. The highest BCUT2D eigenvalue weighted by Crippen LogP contribution is 2.11. The average molecular weight is 153 g/mol. The first-order valence-corrected chi connectivity index (χ1v) is 3.45. The zero-order chi connectivity index (χ0) is 8.27. The van der Waals surface area contributed by atoms with Crippen LogP contribution in [-0.2, 0) is 0 Å². The van der Waals surface area contributed by atoms with Gasteiger partial charge in [0.1, 0.15) is 6.10 Å². The summed E-state index contributed by atoms with van der Waals surface area (Å²) in [6.07, 6.45) is 0.834. The second-order valence-corrected chi connectivity index (χ2v) is 2.43. The normalized spacial score (nSPS) is 13.0. The van der Waals surface area contributed by atoms with Gasteiger partial charge < -0.3 is 10.2 Å². The van der Waals surface area contributed by atoms with Gasteiger partial charge in [0.25, 0.3) is 0 Å². The Kier molecular flexibility index (Phi) is 2.57. The molecule has 3 nitrogen and oxygen atoms in total. The molecule has 0 aliphatic rings. The summed E-state index contributed by atoms with van der Waals surface area (Å²) in [6.45, 7) is 1.59. The molecule has 1 atom stereocenters. The highest BCUT2D eigenvalue weighted by molar-refractivity contribution is 5.17. The quantitative estimate of drug-likeness (QED) is 0.647. The van der Waals surface area contributed by atoms with E-state index in [0.717, 1.165) is 5.69 Å². The number of pyridine rings is 1. The van der Waals surface area contributed by atoms with E-state index in [9.17, 15) is 5.11 Å². The Morgan fingerprint density at radius 2 is 2.36 bits per heavy atom. The Morgan fingerprint density at radius 1 is 1.64 bits per heavy atom. The second-order valence-electron chi connectivity index (χ2n) is 2.43. The molecule has 0 aliphatic carbocycles. The standard InChI is InChI=1S/C8H11NO2/c1-6-4-7(2-3-9-6)8(11)5-10/h2-4,8,10-11H,5H2,1H3. The third-order valence-corrected chi connectivity index (χ3v) is 1.48. The Bertz CT molecular complexity index is 237. The molecule has 3 heteroatoms. The van der Waals surface area contributed by atoms with Crippen LogP contribution in [0.15, 0.2) is 18.3 Å². The Labute approximate surface area is 65.3 Å². The molecule has 0 saturated heterocycles. The van der Waals surface area contributed by atoms with Crippen LogP contribution in [0.2, 0.25) is 0 Å². The van der Waals surface area contributed by atoms with E-state index >= 15 is 0 Å². The van der Waals surface area contributed by atoms with Crippen molar-refractivity contribution in [2.24, 2.45) is 0 Å². The average Bonchev–Trinajstić information content (AvgIpc) is 2.03. The lowest BCUT2D eigenvalue weighted by atomic mass is 10.1. The van der Waals surface area contributed by atoms with E-state index in [0.29, 0.717) is 5.56 Å². The molecule has 0 amide bonds. The predicted octanol–water partition coefficient (Wildman–Crippen LogP) is 0.416. The lowest BCUT2D eigenvalue weighted by Gasteiger charge is -2.06. The zero-order valence-electron chi connectivity index (χ0n) is 6.36. The minimum absolute atomic E-state index is 0.247. The lowest BCUT2D eigenvalue weighted by molar-refractivity contribution is 0.0955. The van der Waals surface area contributed by atoms with Crippen molar-refractivity contribution < 1.29 is 10.2 Å². The molecule has 0 radical (unpaired) electrons. The maximum Gasteiger partial charge on any atom is 0.102 e. The monoisotopic (exact) mass is 153 g/mol. The molecule has 1 unspecified atom stereocenters. The van der Waals surface area contributed by atoms with Crippen molar-refractivity contribution in [3.05, 3.63) is 29.6 Å². The molecule has 1 heterocycles. The van der Waals surface area contributed by atoms with Crippen LogP contribution in [-0.4, -0.2) is 21.8 Å². The summed E-state index contributed by atoms with van der Waals surface area (Å²) in [5.41, 5.74) is 1.55. The van der Waals surface area contributed by atoms with E-state index in [1.807, 2.05) is 6.92 Å². The van der Waals surface area contributed by atoms with Gasteiger partial charge in [0.05, 0.1) is 6.61 Å². The fourth-order valence-corrected chi connectivity index (χ4v) is 0.880. The highest BCUT2D eigenvalue weighted by Gasteiger charge is 2.04. The molecule has 1 aromatic heterocycles. The number of aliphatic hydroxyl groups is 2. The first-order chi connectivity index (χ1) is 5.24. The largest absolute Gasteiger partial charge is 0.393 e. The van der Waals surface area contributed by atoms with Gasteiger partial charge in [0, 0.05) is 11.9 Å². The predicted molar refractivity (Wildman–Crippen MR) is 41.0 cm³/mol. The summed E-state index contributed by atoms with van der Waals surface area (Å²) in [5, 5.41) is 17.8. The molecular formula is C8H11NO2. The smallest absolute Gasteiger partial charge is 0.102 e. The van der Waals surface area contributed by atoms with Gasteiger partial charge in [0.2, 0.25) is 0 Å². The van der Waals surface area contributed by atoms with Crippen LogP contribution in [0.5, 0.6) is 0 Å². The van der Waals surface area contributed by atoms with Crippen molar-refractivity contribution in [2.75, 3.05) is 6.61 Å². The molecule has 0 spiro atoms. The minimum Gasteiger partial charge on any atom is -0.393 e. The van der Waals surface area contributed by atoms with Gasteiger partial charge in [-0.15, -0.1) is 0 Å². The van der Waals surface area contributed by atoms with E-state index in [-0.39, 0.29) is 6.61 Å². The number of hydrogen-bond acceptors (Lipinski definition) is 3. The fourth-order valence-electron chi connectivity index (χ4n) is 0.880. The van der Waals surface area contributed by atoms with Crippen molar-refractivity contribution in [1.29, 1.82) is 0 Å². The van der Waals surface area contributed by atoms with E-state index in [4.69, 9.17) is 5.11 Å². The molecule has 0 saturated carbocycles. The van der Waals surface area contributed by atoms with Gasteiger partial charge in [0.15, 0.2) is 0 Å². The molecule has 60 valence electrons. The van der Waals surface area contributed by atoms with Gasteiger partial charge >= 0.3 is 0 Å². The zero-order valence-corrected chi connectivity index (χ0v) is 6.36. The van der Waals surface area contributed by atoms with Crippen LogP contribution in [0.1, 0.15) is 17.4 Å². The van der Waals surface area contributed by atoms with Crippen molar-refractivity contribution in [2.45, 2.75) is 13.0 Å². The third-order valence-electron chi connectivity index (χ3n) is 1.48. The molecular weight excluding hydrogens is 142 g/mol. The Balaban J connectivity index is 2.86. The van der Waals surface area contributed by atoms with Crippen LogP contribution in [0.3, 0.4) is 0 Å². The van der Waals surface area contributed by atoms with E-state index in [1.165, 1.54) is 0 Å². The topological polar surface area (TPSA) is 53.4 Å². The number of hydrogen-bond donors (Lipinski definition) is 2. The summed E-state index contributed by atoms with van der Waals surface area (Å²) < 4.78 is 0. The number of aromatic nitrogens is 1. The maximum atomic E-state index is 9.18. The van der Waals surface area contributed by atoms with E-state index in [1.54, 1.807) is 18.3 Å².